The smallest absolute Gasteiger partial charge is 0.280 e. The highest BCUT2D eigenvalue weighted by atomic mass is 19.3. The van der Waals surface area contributed by atoms with Crippen molar-refractivity contribution in [1.82, 2.24) is 24.5 Å². The Kier molecular flexibility index (Phi) is 5.59. The minimum absolute atomic E-state index is 0.0224. The third kappa shape index (κ3) is 3.96. The number of alkyl halides is 4. The van der Waals surface area contributed by atoms with Gasteiger partial charge in [0.25, 0.3) is 24.5 Å². The lowest BCUT2D eigenvalue weighted by atomic mass is 9.84. The van der Waals surface area contributed by atoms with Gasteiger partial charge in [0.05, 0.1) is 11.3 Å². The number of fused-ring (bicyclic) bond motifs is 1. The second kappa shape index (κ2) is 8.20. The second-order valence-corrected chi connectivity index (χ2v) is 7.54. The number of carbonyl (C=O) groups excluding carboxylic acids is 1. The van der Waals surface area contributed by atoms with Crippen molar-refractivity contribution < 1.29 is 26.7 Å². The summed E-state index contributed by atoms with van der Waals surface area (Å²) in [6.07, 6.45) is -4.08. The first-order valence-electron chi connectivity index (χ1n) is 9.62. The minimum Gasteiger partial charge on any atom is -0.338 e. The Balaban J connectivity index is 1.67. The number of amides is 1. The van der Waals surface area contributed by atoms with Crippen molar-refractivity contribution in [2.45, 2.75) is 32.1 Å². The van der Waals surface area contributed by atoms with Gasteiger partial charge in [-0.3, -0.25) is 4.79 Å². The van der Waals surface area contributed by atoms with Crippen LogP contribution < -0.4 is 0 Å². The fourth-order valence-corrected chi connectivity index (χ4v) is 3.90. The number of aromatic nitrogens is 4. The molecule has 0 saturated carbocycles. The molecule has 1 aromatic carbocycles. The topological polar surface area (TPSA) is 63.4 Å². The first-order valence-corrected chi connectivity index (χ1v) is 9.62. The van der Waals surface area contributed by atoms with Gasteiger partial charge in [0, 0.05) is 24.6 Å². The van der Waals surface area contributed by atoms with Crippen molar-refractivity contribution >= 4 is 11.7 Å². The Morgan fingerprint density at radius 3 is 2.65 bits per heavy atom. The SMILES string of the molecule is CC1CCN(C(=O)c2ccc(F)c(C(F)F)c2)C[C@H]1c1cc(C(F)F)nc2ncnn12. The summed E-state index contributed by atoms with van der Waals surface area (Å²) in [4.78, 5) is 22.1. The Labute approximate surface area is 173 Å². The van der Waals surface area contributed by atoms with Crippen LogP contribution in [0.1, 0.15) is 59.4 Å². The zero-order valence-corrected chi connectivity index (χ0v) is 16.4. The third-order valence-corrected chi connectivity index (χ3v) is 5.63. The zero-order chi connectivity index (χ0) is 22.3. The maximum absolute atomic E-state index is 13.6. The lowest BCUT2D eigenvalue weighted by molar-refractivity contribution is 0.0664. The number of benzene rings is 1. The van der Waals surface area contributed by atoms with E-state index in [1.165, 1.54) is 21.8 Å². The van der Waals surface area contributed by atoms with Crippen LogP contribution in [0.2, 0.25) is 0 Å². The van der Waals surface area contributed by atoms with Crippen LogP contribution in [-0.2, 0) is 0 Å². The number of hydrogen-bond donors (Lipinski definition) is 0. The maximum Gasteiger partial charge on any atom is 0.280 e. The Hall–Kier alpha value is -3.11. The maximum atomic E-state index is 13.6. The summed E-state index contributed by atoms with van der Waals surface area (Å²) in [6, 6.07) is 4.11. The molecule has 2 atom stereocenters. The quantitative estimate of drug-likeness (QED) is 0.566. The predicted molar refractivity (Wildman–Crippen MR) is 99.5 cm³/mol. The highest BCUT2D eigenvalue weighted by Crippen LogP contribution is 2.34. The van der Waals surface area contributed by atoms with Gasteiger partial charge in [-0.25, -0.2) is 31.5 Å². The van der Waals surface area contributed by atoms with Crippen LogP contribution in [-0.4, -0.2) is 43.5 Å². The van der Waals surface area contributed by atoms with Gasteiger partial charge in [-0.15, -0.1) is 0 Å². The molecule has 0 radical (unpaired) electrons. The van der Waals surface area contributed by atoms with E-state index in [9.17, 15) is 26.7 Å². The first-order chi connectivity index (χ1) is 14.8. The number of halogens is 5. The molecule has 1 aliphatic rings. The summed E-state index contributed by atoms with van der Waals surface area (Å²) < 4.78 is 67.7. The van der Waals surface area contributed by atoms with Crippen molar-refractivity contribution in [3.05, 3.63) is 58.9 Å². The van der Waals surface area contributed by atoms with Crippen molar-refractivity contribution in [3.8, 4) is 0 Å². The van der Waals surface area contributed by atoms with Crippen LogP contribution in [0, 0.1) is 11.7 Å². The predicted octanol–water partition coefficient (Wildman–Crippen LogP) is 4.40. The van der Waals surface area contributed by atoms with Crippen LogP contribution in [0.5, 0.6) is 0 Å². The van der Waals surface area contributed by atoms with Gasteiger partial charge in [0.15, 0.2) is 0 Å². The largest absolute Gasteiger partial charge is 0.338 e. The van der Waals surface area contributed by atoms with E-state index in [-0.39, 0.29) is 29.7 Å². The highest BCUT2D eigenvalue weighted by molar-refractivity contribution is 5.94. The van der Waals surface area contributed by atoms with Gasteiger partial charge in [-0.05, 0) is 36.6 Å². The summed E-state index contributed by atoms with van der Waals surface area (Å²) >= 11 is 0. The Morgan fingerprint density at radius 2 is 1.94 bits per heavy atom. The molecule has 31 heavy (non-hydrogen) atoms. The molecule has 1 unspecified atom stereocenters. The molecule has 0 N–H and O–H groups in total. The van der Waals surface area contributed by atoms with Crippen molar-refractivity contribution in [2.75, 3.05) is 13.1 Å². The lowest BCUT2D eigenvalue weighted by Gasteiger charge is -2.37. The van der Waals surface area contributed by atoms with Crippen molar-refractivity contribution in [1.29, 1.82) is 0 Å². The minimum atomic E-state index is -3.05. The van der Waals surface area contributed by atoms with Crippen LogP contribution in [0.4, 0.5) is 22.0 Å². The molecule has 0 spiro atoms. The van der Waals surface area contributed by atoms with Crippen LogP contribution >= 0.6 is 0 Å². The molecule has 11 heteroatoms. The normalized spacial score (nSPS) is 19.5. The zero-order valence-electron chi connectivity index (χ0n) is 16.4. The molecule has 1 fully saturated rings. The molecule has 1 amide bonds. The summed E-state index contributed by atoms with van der Waals surface area (Å²) in [6.45, 7) is 2.44. The van der Waals surface area contributed by atoms with Gasteiger partial charge >= 0.3 is 0 Å². The number of rotatable bonds is 4. The molecule has 1 aliphatic heterocycles. The average molecular weight is 439 g/mol. The molecule has 0 bridgehead atoms. The fourth-order valence-electron chi connectivity index (χ4n) is 3.90. The monoisotopic (exact) mass is 439 g/mol. The van der Waals surface area contributed by atoms with E-state index >= 15 is 0 Å². The third-order valence-electron chi connectivity index (χ3n) is 5.63. The van der Waals surface area contributed by atoms with E-state index < -0.39 is 35.8 Å². The summed E-state index contributed by atoms with van der Waals surface area (Å²) in [5, 5.41) is 4.07. The van der Waals surface area contributed by atoms with Gasteiger partial charge in [-0.1, -0.05) is 6.92 Å². The number of piperidine rings is 1. The van der Waals surface area contributed by atoms with E-state index in [2.05, 4.69) is 15.1 Å². The highest BCUT2D eigenvalue weighted by Gasteiger charge is 2.33. The first kappa shape index (κ1) is 21.1. The van der Waals surface area contributed by atoms with E-state index in [1.807, 2.05) is 6.92 Å². The van der Waals surface area contributed by atoms with Gasteiger partial charge in [0.2, 0.25) is 0 Å². The Bertz CT molecular complexity index is 1120. The van der Waals surface area contributed by atoms with E-state index in [4.69, 9.17) is 0 Å². The number of nitrogens with zero attached hydrogens (tertiary/aromatic N) is 5. The molecule has 3 aromatic rings. The van der Waals surface area contributed by atoms with Crippen LogP contribution in [0.3, 0.4) is 0 Å². The standard InChI is InChI=1S/C20H18F5N5O/c1-10-4-5-29(19(31)11-2-3-14(21)12(6-11)17(22)23)8-13(10)16-7-15(18(24)25)28-20-26-9-27-30(16)20/h2-3,6-7,9-10,13,17-18H,4-5,8H2,1H3/t10?,13-/m1/s1. The summed E-state index contributed by atoms with van der Waals surface area (Å²) in [5.74, 6) is -1.92. The second-order valence-electron chi connectivity index (χ2n) is 7.54. The number of carbonyl (C=O) groups is 1. The fraction of sp³-hybridized carbons (Fsp3) is 0.400. The molecular weight excluding hydrogens is 421 g/mol. The molecule has 4 rings (SSSR count). The van der Waals surface area contributed by atoms with E-state index in [0.717, 1.165) is 18.2 Å². The van der Waals surface area contributed by atoms with Gasteiger partial charge in [0.1, 0.15) is 17.8 Å². The molecular formula is C20H18F5N5O. The van der Waals surface area contributed by atoms with E-state index in [1.54, 1.807) is 0 Å². The van der Waals surface area contributed by atoms with Crippen LogP contribution in [0.15, 0.2) is 30.6 Å². The molecule has 0 aliphatic carbocycles. The number of hydrogen-bond acceptors (Lipinski definition) is 4. The van der Waals surface area contributed by atoms with Crippen LogP contribution in [0.25, 0.3) is 5.78 Å². The lowest BCUT2D eigenvalue weighted by Crippen LogP contribution is -2.42. The van der Waals surface area contributed by atoms with Gasteiger partial charge < -0.3 is 4.90 Å². The van der Waals surface area contributed by atoms with Crippen molar-refractivity contribution in [2.24, 2.45) is 5.92 Å². The Morgan fingerprint density at radius 1 is 1.16 bits per heavy atom. The molecule has 6 nitrogen and oxygen atoms in total. The molecule has 3 heterocycles. The van der Waals surface area contributed by atoms with Gasteiger partial charge in [-0.2, -0.15) is 10.1 Å². The summed E-state index contributed by atoms with van der Waals surface area (Å²) in [7, 11) is 0. The average Bonchev–Trinajstić information content (AvgIpc) is 3.22. The van der Waals surface area contributed by atoms with E-state index in [0.29, 0.717) is 18.7 Å². The molecule has 164 valence electrons. The summed E-state index contributed by atoms with van der Waals surface area (Å²) in [5.41, 5.74) is -0.895. The van der Waals surface area contributed by atoms with Crippen molar-refractivity contribution in [3.63, 3.8) is 0 Å². The molecule has 2 aromatic heterocycles. The molecule has 1 saturated heterocycles. The number of likely N-dealkylation sites (tertiary alicyclic amines) is 1.